The maximum atomic E-state index is 13.2. The van der Waals surface area contributed by atoms with Crippen LogP contribution in [0.5, 0.6) is 5.75 Å². The summed E-state index contributed by atoms with van der Waals surface area (Å²) in [6, 6.07) is 11.2. The molecule has 0 bridgehead atoms. The first-order valence-electron chi connectivity index (χ1n) is 11.1. The van der Waals surface area contributed by atoms with Crippen molar-refractivity contribution in [3.8, 4) is 17.0 Å². The van der Waals surface area contributed by atoms with Gasteiger partial charge in [0.2, 0.25) is 11.9 Å². The van der Waals surface area contributed by atoms with E-state index in [-0.39, 0.29) is 18.4 Å². The van der Waals surface area contributed by atoms with Gasteiger partial charge in [0, 0.05) is 24.7 Å². The minimum absolute atomic E-state index is 0.259. The second kappa shape index (κ2) is 10.3. The molecule has 1 aliphatic heterocycles. The third-order valence-electron chi connectivity index (χ3n) is 6.03. The Morgan fingerprint density at radius 2 is 2.09 bits per heavy atom. The molecule has 10 heteroatoms. The first-order valence-corrected chi connectivity index (χ1v) is 11.4. The van der Waals surface area contributed by atoms with Crippen LogP contribution in [0.25, 0.3) is 11.3 Å². The molecule has 4 rings (SSSR count). The van der Waals surface area contributed by atoms with Gasteiger partial charge in [-0.2, -0.15) is 0 Å². The van der Waals surface area contributed by atoms with E-state index >= 15 is 0 Å². The highest BCUT2D eigenvalue weighted by Gasteiger charge is 2.35. The van der Waals surface area contributed by atoms with Gasteiger partial charge in [-0.05, 0) is 36.2 Å². The van der Waals surface area contributed by atoms with E-state index in [1.807, 2.05) is 12.1 Å². The molecule has 2 unspecified atom stereocenters. The molecule has 3 N–H and O–H groups in total. The minimum atomic E-state index is -0.753. The quantitative estimate of drug-likeness (QED) is 0.439. The summed E-state index contributed by atoms with van der Waals surface area (Å²) < 4.78 is 5.23. The molecule has 2 amide bonds. The normalized spacial score (nSPS) is 14.3. The highest BCUT2D eigenvalue weighted by molar-refractivity contribution is 6.33. The van der Waals surface area contributed by atoms with Crippen LogP contribution >= 0.6 is 11.6 Å². The number of amides is 2. The maximum absolute atomic E-state index is 13.2. The van der Waals surface area contributed by atoms with E-state index < -0.39 is 12.1 Å². The zero-order chi connectivity index (χ0) is 25.1. The van der Waals surface area contributed by atoms with E-state index in [1.54, 1.807) is 51.4 Å². The first-order chi connectivity index (χ1) is 16.9. The summed E-state index contributed by atoms with van der Waals surface area (Å²) in [6.07, 6.45) is 1.50. The molecule has 0 saturated heterocycles. The molecule has 1 aliphatic rings. The summed E-state index contributed by atoms with van der Waals surface area (Å²) in [4.78, 5) is 36.3. The Hall–Kier alpha value is -3.69. The fraction of sp³-hybridized carbons (Fsp3) is 0.280. The number of halogens is 1. The summed E-state index contributed by atoms with van der Waals surface area (Å²) in [7, 11) is 3.26. The Labute approximate surface area is 208 Å². The number of hydrogen-bond donors (Lipinski definition) is 3. The number of rotatable bonds is 8. The third-order valence-corrected chi connectivity index (χ3v) is 6.30. The lowest BCUT2D eigenvalue weighted by atomic mass is 10.0. The number of nitrogens with zero attached hydrogens (tertiary/aromatic N) is 3. The molecule has 182 valence electrons. The lowest BCUT2D eigenvalue weighted by molar-refractivity contribution is -0.126. The zero-order valence-corrected chi connectivity index (χ0v) is 20.3. The first kappa shape index (κ1) is 24.4. The Morgan fingerprint density at radius 3 is 2.80 bits per heavy atom. The van der Waals surface area contributed by atoms with Gasteiger partial charge >= 0.3 is 0 Å². The maximum Gasteiger partial charge on any atom is 0.255 e. The van der Waals surface area contributed by atoms with Gasteiger partial charge in [-0.15, -0.1) is 0 Å². The Balaban J connectivity index is 1.52. The molecule has 0 radical (unpaired) electrons. The van der Waals surface area contributed by atoms with E-state index in [1.165, 1.54) is 11.1 Å². The highest BCUT2D eigenvalue weighted by atomic mass is 35.5. The number of aromatic nitrogens is 2. The van der Waals surface area contributed by atoms with Gasteiger partial charge in [-0.1, -0.05) is 35.9 Å². The number of aliphatic hydroxyl groups is 1. The number of nitrogens with one attached hydrogen (secondary N) is 2. The minimum Gasteiger partial charge on any atom is -0.497 e. The van der Waals surface area contributed by atoms with E-state index in [0.717, 1.165) is 5.56 Å². The van der Waals surface area contributed by atoms with Crippen molar-refractivity contribution in [2.45, 2.75) is 25.6 Å². The molecule has 35 heavy (non-hydrogen) atoms. The van der Waals surface area contributed by atoms with Crippen molar-refractivity contribution in [3.05, 3.63) is 70.4 Å². The summed E-state index contributed by atoms with van der Waals surface area (Å²) in [5.74, 6) is 0.406. The van der Waals surface area contributed by atoms with Gasteiger partial charge in [-0.25, -0.2) is 9.97 Å². The third kappa shape index (κ3) is 4.91. The van der Waals surface area contributed by atoms with Gasteiger partial charge in [0.1, 0.15) is 11.8 Å². The Kier molecular flexibility index (Phi) is 7.18. The SMILES string of the molecule is CNc1ncc(Cl)c(-c2ccc3c(c2)C(=O)N(C(C)C(=O)NC(CO)c2cccc(OC)c2)C3)n1. The van der Waals surface area contributed by atoms with Crippen molar-refractivity contribution in [2.24, 2.45) is 0 Å². The van der Waals surface area contributed by atoms with Crippen LogP contribution in [0.1, 0.15) is 34.5 Å². The van der Waals surface area contributed by atoms with Crippen LogP contribution in [-0.4, -0.2) is 58.6 Å². The molecular weight excluding hydrogens is 470 g/mol. The van der Waals surface area contributed by atoms with E-state index in [0.29, 0.717) is 45.6 Å². The fourth-order valence-corrected chi connectivity index (χ4v) is 4.20. The van der Waals surface area contributed by atoms with Crippen molar-refractivity contribution in [2.75, 3.05) is 26.1 Å². The van der Waals surface area contributed by atoms with Crippen molar-refractivity contribution in [3.63, 3.8) is 0 Å². The molecule has 2 atom stereocenters. The lowest BCUT2D eigenvalue weighted by Crippen LogP contribution is -2.46. The molecule has 2 aromatic carbocycles. The number of hydrogen-bond acceptors (Lipinski definition) is 7. The summed E-state index contributed by atoms with van der Waals surface area (Å²) in [6.45, 7) is 1.67. The lowest BCUT2D eigenvalue weighted by Gasteiger charge is -2.26. The van der Waals surface area contributed by atoms with Crippen molar-refractivity contribution < 1.29 is 19.4 Å². The predicted octanol–water partition coefficient (Wildman–Crippen LogP) is 3.04. The van der Waals surface area contributed by atoms with Crippen molar-refractivity contribution in [1.82, 2.24) is 20.2 Å². The molecule has 0 fully saturated rings. The van der Waals surface area contributed by atoms with Crippen LogP contribution in [0.15, 0.2) is 48.7 Å². The molecule has 0 saturated carbocycles. The second-order valence-electron chi connectivity index (χ2n) is 8.14. The monoisotopic (exact) mass is 495 g/mol. The van der Waals surface area contributed by atoms with Gasteiger partial charge in [0.25, 0.3) is 5.91 Å². The van der Waals surface area contributed by atoms with Gasteiger partial charge in [-0.3, -0.25) is 9.59 Å². The Morgan fingerprint density at radius 1 is 1.29 bits per heavy atom. The van der Waals surface area contributed by atoms with Crippen LogP contribution in [0.3, 0.4) is 0 Å². The number of methoxy groups -OCH3 is 1. The molecule has 0 spiro atoms. The number of anilines is 1. The van der Waals surface area contributed by atoms with Crippen molar-refractivity contribution in [1.29, 1.82) is 0 Å². The van der Waals surface area contributed by atoms with Gasteiger partial charge in [0.05, 0.1) is 36.7 Å². The Bertz CT molecular complexity index is 1270. The van der Waals surface area contributed by atoms with Crippen LogP contribution in [0.4, 0.5) is 5.95 Å². The second-order valence-corrected chi connectivity index (χ2v) is 8.55. The van der Waals surface area contributed by atoms with Crippen LogP contribution in [0.2, 0.25) is 5.02 Å². The molecule has 9 nitrogen and oxygen atoms in total. The summed E-state index contributed by atoms with van der Waals surface area (Å²) >= 11 is 6.30. The average molecular weight is 496 g/mol. The smallest absolute Gasteiger partial charge is 0.255 e. The number of aliphatic hydroxyl groups excluding tert-OH is 1. The van der Waals surface area contributed by atoms with E-state index in [4.69, 9.17) is 16.3 Å². The van der Waals surface area contributed by atoms with Crippen LogP contribution in [0, 0.1) is 0 Å². The van der Waals surface area contributed by atoms with Crippen molar-refractivity contribution >= 4 is 29.4 Å². The van der Waals surface area contributed by atoms with Crippen LogP contribution in [-0.2, 0) is 11.3 Å². The number of benzene rings is 2. The summed E-state index contributed by atoms with van der Waals surface area (Å²) in [5, 5.41) is 15.9. The highest BCUT2D eigenvalue weighted by Crippen LogP contribution is 2.32. The fourth-order valence-electron chi connectivity index (χ4n) is 4.00. The molecule has 2 heterocycles. The molecule has 3 aromatic rings. The molecular formula is C25H26ClN5O4. The standard InChI is InChI=1S/C25H26ClN5O4/c1-14(23(33)29-21(13-32)15-5-4-6-18(9-15)35-3)31-12-17-8-7-16(10-19(17)24(31)34)22-20(26)11-28-25(27-2)30-22/h4-11,14,21,32H,12-13H2,1-3H3,(H,29,33)(H,27,28,30). The number of carbonyl (C=O) groups excluding carboxylic acids is 2. The topological polar surface area (TPSA) is 117 Å². The van der Waals surface area contributed by atoms with Gasteiger partial charge < -0.3 is 25.4 Å². The molecule has 0 aliphatic carbocycles. The van der Waals surface area contributed by atoms with E-state index in [2.05, 4.69) is 20.6 Å². The predicted molar refractivity (Wildman–Crippen MR) is 132 cm³/mol. The van der Waals surface area contributed by atoms with Crippen LogP contribution < -0.4 is 15.4 Å². The number of ether oxygens (including phenoxy) is 1. The largest absolute Gasteiger partial charge is 0.497 e. The van der Waals surface area contributed by atoms with E-state index in [9.17, 15) is 14.7 Å². The van der Waals surface area contributed by atoms with Gasteiger partial charge in [0.15, 0.2) is 0 Å². The summed E-state index contributed by atoms with van der Waals surface area (Å²) in [5.41, 5.74) is 3.20. The zero-order valence-electron chi connectivity index (χ0n) is 19.6. The number of fused-ring (bicyclic) bond motifs is 1. The average Bonchev–Trinajstić information content (AvgIpc) is 3.22. The molecule has 1 aromatic heterocycles. The number of carbonyl (C=O) groups is 2.